The molecule has 0 radical (unpaired) electrons. The molecule has 34 heavy (non-hydrogen) atoms. The van der Waals surface area contributed by atoms with E-state index in [0.29, 0.717) is 43.6 Å². The first-order valence-corrected chi connectivity index (χ1v) is 12.0. The third-order valence-corrected chi connectivity index (χ3v) is 7.20. The Morgan fingerprint density at radius 1 is 1.18 bits per heavy atom. The molecule has 1 aromatic carbocycles. The second-order valence-corrected chi connectivity index (χ2v) is 9.72. The van der Waals surface area contributed by atoms with Crippen molar-refractivity contribution in [2.45, 2.75) is 24.7 Å². The summed E-state index contributed by atoms with van der Waals surface area (Å²) < 4.78 is 11.4. The van der Waals surface area contributed by atoms with E-state index in [-0.39, 0.29) is 5.91 Å². The smallest absolute Gasteiger partial charge is 0.237 e. The van der Waals surface area contributed by atoms with Gasteiger partial charge in [0.25, 0.3) is 0 Å². The summed E-state index contributed by atoms with van der Waals surface area (Å²) in [5, 5.41) is 1.56. The van der Waals surface area contributed by atoms with Crippen LogP contribution in [0.3, 0.4) is 0 Å². The number of likely N-dealkylation sites (N-methyl/N-ethyl adjacent to an activating group) is 1. The average molecular weight is 481 g/mol. The lowest BCUT2D eigenvalue weighted by molar-refractivity contribution is -0.126. The summed E-state index contributed by atoms with van der Waals surface area (Å²) in [5.74, 6) is 0.712. The molecular weight excluding hydrogens is 452 g/mol. The van der Waals surface area contributed by atoms with E-state index in [9.17, 15) is 4.79 Å². The molecule has 0 bridgehead atoms. The van der Waals surface area contributed by atoms with Gasteiger partial charge >= 0.3 is 0 Å². The molecule has 2 aliphatic heterocycles. The molecule has 5 rings (SSSR count). The first-order valence-electron chi connectivity index (χ1n) is 11.6. The topological polar surface area (TPSA) is 67.8 Å². The molecule has 178 valence electrons. The highest BCUT2D eigenvalue weighted by Gasteiger charge is 2.51. The van der Waals surface area contributed by atoms with Gasteiger partial charge in [-0.15, -0.1) is 0 Å². The Kier molecular flexibility index (Phi) is 6.18. The molecule has 2 aliphatic rings. The fourth-order valence-electron chi connectivity index (χ4n) is 5.09. The van der Waals surface area contributed by atoms with E-state index in [4.69, 9.17) is 21.1 Å². The number of nitrogens with zero attached hydrogens (tertiary/aromatic N) is 4. The molecule has 1 amide bonds. The van der Waals surface area contributed by atoms with Gasteiger partial charge < -0.3 is 19.3 Å². The lowest BCUT2D eigenvalue weighted by Gasteiger charge is -2.32. The Morgan fingerprint density at radius 3 is 2.68 bits per heavy atom. The third kappa shape index (κ3) is 3.91. The van der Waals surface area contributed by atoms with Crippen LogP contribution in [-0.4, -0.2) is 68.3 Å². The molecule has 7 nitrogen and oxygen atoms in total. The van der Waals surface area contributed by atoms with Crippen LogP contribution >= 0.6 is 11.6 Å². The summed E-state index contributed by atoms with van der Waals surface area (Å²) in [5.41, 5.74) is 3.88. The zero-order valence-electron chi connectivity index (χ0n) is 19.8. The first-order chi connectivity index (χ1) is 16.4. The minimum Gasteiger partial charge on any atom is -0.478 e. The van der Waals surface area contributed by atoms with Crippen LogP contribution < -0.4 is 9.64 Å². The van der Waals surface area contributed by atoms with Gasteiger partial charge in [0.05, 0.1) is 34.4 Å². The number of hydrogen-bond donors (Lipinski definition) is 0. The van der Waals surface area contributed by atoms with Gasteiger partial charge in [-0.25, -0.2) is 4.98 Å². The van der Waals surface area contributed by atoms with Crippen LogP contribution in [0.1, 0.15) is 24.8 Å². The second kappa shape index (κ2) is 9.13. The van der Waals surface area contributed by atoms with E-state index < -0.39 is 5.41 Å². The summed E-state index contributed by atoms with van der Waals surface area (Å²) in [4.78, 5) is 26.4. The number of carbonyl (C=O) groups excluding carboxylic acids is 1. The summed E-state index contributed by atoms with van der Waals surface area (Å²) in [6, 6.07) is 7.78. The molecule has 2 aromatic heterocycles. The number of fused-ring (bicyclic) bond motifs is 4. The molecule has 0 aliphatic carbocycles. The van der Waals surface area contributed by atoms with Crippen molar-refractivity contribution in [2.75, 3.05) is 52.4 Å². The van der Waals surface area contributed by atoms with Crippen LogP contribution in [0.2, 0.25) is 5.02 Å². The van der Waals surface area contributed by atoms with Crippen LogP contribution in [0.25, 0.3) is 22.0 Å². The summed E-state index contributed by atoms with van der Waals surface area (Å²) in [6.45, 7) is 2.73. The molecular formula is C26H29ClN4O3. The number of anilines is 1. The van der Waals surface area contributed by atoms with Crippen molar-refractivity contribution in [1.29, 1.82) is 0 Å². The molecule has 8 heteroatoms. The van der Waals surface area contributed by atoms with Crippen LogP contribution in [0, 0.1) is 0 Å². The fourth-order valence-corrected chi connectivity index (χ4v) is 5.35. The highest BCUT2D eigenvalue weighted by Crippen LogP contribution is 2.50. The van der Waals surface area contributed by atoms with Gasteiger partial charge in [-0.2, -0.15) is 0 Å². The highest BCUT2D eigenvalue weighted by molar-refractivity contribution is 6.34. The van der Waals surface area contributed by atoms with E-state index in [1.165, 1.54) is 0 Å². The van der Waals surface area contributed by atoms with Gasteiger partial charge in [0.15, 0.2) is 0 Å². The van der Waals surface area contributed by atoms with Crippen molar-refractivity contribution in [3.63, 3.8) is 0 Å². The minimum atomic E-state index is -0.572. The number of halogens is 1. The molecule has 0 saturated carbocycles. The standard InChI is InChI=1S/C26H29ClN4O3/c1-30(2)9-4-10-34-23-6-5-17(15-29-23)18-13-19-21(14-20(18)27)28-16-22-24(19)26(25(32)31(22)3)7-11-33-12-8-26/h5-6,13-16H,4,7-12H2,1-3H3. The summed E-state index contributed by atoms with van der Waals surface area (Å²) >= 11 is 6.69. The molecule has 0 atom stereocenters. The van der Waals surface area contributed by atoms with Gasteiger partial charge in [-0.3, -0.25) is 9.78 Å². The number of hydrogen-bond acceptors (Lipinski definition) is 6. The fraction of sp³-hybridized carbons (Fsp3) is 0.423. The Morgan fingerprint density at radius 2 is 1.97 bits per heavy atom. The van der Waals surface area contributed by atoms with E-state index in [2.05, 4.69) is 20.9 Å². The minimum absolute atomic E-state index is 0.119. The maximum Gasteiger partial charge on any atom is 0.237 e. The van der Waals surface area contributed by atoms with Crippen LogP contribution in [0.4, 0.5) is 5.69 Å². The van der Waals surface area contributed by atoms with Crippen molar-refractivity contribution in [2.24, 2.45) is 0 Å². The normalized spacial score (nSPS) is 17.1. The van der Waals surface area contributed by atoms with Crippen molar-refractivity contribution >= 4 is 34.1 Å². The molecule has 0 N–H and O–H groups in total. The van der Waals surface area contributed by atoms with Crippen molar-refractivity contribution in [3.8, 4) is 17.0 Å². The first kappa shape index (κ1) is 23.0. The Bertz CT molecular complexity index is 1220. The quantitative estimate of drug-likeness (QED) is 0.490. The second-order valence-electron chi connectivity index (χ2n) is 9.32. The number of pyridine rings is 2. The number of ether oxygens (including phenoxy) is 2. The lowest BCUT2D eigenvalue weighted by atomic mass is 9.74. The van der Waals surface area contributed by atoms with E-state index in [1.807, 2.05) is 39.3 Å². The Labute approximate surface area is 204 Å². The van der Waals surface area contributed by atoms with Crippen molar-refractivity contribution < 1.29 is 14.3 Å². The number of rotatable bonds is 6. The number of amides is 1. The molecule has 4 heterocycles. The van der Waals surface area contributed by atoms with Crippen molar-refractivity contribution in [1.82, 2.24) is 14.9 Å². The van der Waals surface area contributed by atoms with Crippen molar-refractivity contribution in [3.05, 3.63) is 47.2 Å². The van der Waals surface area contributed by atoms with Gasteiger partial charge in [-0.05, 0) is 51.6 Å². The zero-order valence-corrected chi connectivity index (χ0v) is 20.6. The molecule has 0 unspecified atom stereocenters. The number of aromatic nitrogens is 2. The van der Waals surface area contributed by atoms with Gasteiger partial charge in [0.1, 0.15) is 0 Å². The average Bonchev–Trinajstić information content (AvgIpc) is 3.04. The maximum atomic E-state index is 13.4. The van der Waals surface area contributed by atoms with Crippen LogP contribution in [0.15, 0.2) is 36.7 Å². The number of carbonyl (C=O) groups is 1. The predicted molar refractivity (Wildman–Crippen MR) is 134 cm³/mol. The molecule has 1 spiro atoms. The maximum absolute atomic E-state index is 13.4. The highest BCUT2D eigenvalue weighted by atomic mass is 35.5. The molecule has 1 saturated heterocycles. The Balaban J connectivity index is 1.52. The molecule has 3 aromatic rings. The van der Waals surface area contributed by atoms with Crippen LogP contribution in [0.5, 0.6) is 5.88 Å². The number of benzene rings is 1. The largest absolute Gasteiger partial charge is 0.478 e. The predicted octanol–water partition coefficient (Wildman–Crippen LogP) is 4.31. The van der Waals surface area contributed by atoms with E-state index in [0.717, 1.165) is 46.2 Å². The lowest BCUT2D eigenvalue weighted by Crippen LogP contribution is -2.43. The van der Waals surface area contributed by atoms with E-state index in [1.54, 1.807) is 17.3 Å². The van der Waals surface area contributed by atoms with Gasteiger partial charge in [-0.1, -0.05) is 11.6 Å². The van der Waals surface area contributed by atoms with Gasteiger partial charge in [0, 0.05) is 61.1 Å². The summed E-state index contributed by atoms with van der Waals surface area (Å²) in [7, 11) is 5.92. The van der Waals surface area contributed by atoms with E-state index >= 15 is 0 Å². The SMILES string of the molecule is CN(C)CCCOc1ccc(-c2cc3c4c(cnc3cc2Cl)N(C)C(=O)C42CCOCC2)cn1. The van der Waals surface area contributed by atoms with Crippen LogP contribution in [-0.2, 0) is 14.9 Å². The molecule has 1 fully saturated rings. The zero-order chi connectivity index (χ0) is 23.9. The summed E-state index contributed by atoms with van der Waals surface area (Å²) in [6.07, 6.45) is 5.85. The monoisotopic (exact) mass is 480 g/mol. The third-order valence-electron chi connectivity index (χ3n) is 6.88. The van der Waals surface area contributed by atoms with Gasteiger partial charge in [0.2, 0.25) is 11.8 Å². The Hall–Kier alpha value is -2.74.